The van der Waals surface area contributed by atoms with Crippen LogP contribution in [0.5, 0.6) is 0 Å². The van der Waals surface area contributed by atoms with E-state index in [1.807, 2.05) is 13.8 Å². The number of carbonyl (C=O) groups is 1. The molecule has 0 heterocycles. The SMILES string of the molecule is CC(C)OC(=O)[SiH3]. The maximum Gasteiger partial charge on any atom is 0.260 e. The normalized spacial score (nSPS) is 9.57. The highest BCUT2D eigenvalue weighted by molar-refractivity contribution is 6.55. The highest BCUT2D eigenvalue weighted by Crippen LogP contribution is 1.85. The number of carbonyl (C=O) groups excluding carboxylic acids is 1. The van der Waals surface area contributed by atoms with Crippen molar-refractivity contribution in [3.63, 3.8) is 0 Å². The molecule has 7 heavy (non-hydrogen) atoms. The van der Waals surface area contributed by atoms with Gasteiger partial charge in [-0.1, -0.05) is 0 Å². The molecule has 0 aliphatic heterocycles. The van der Waals surface area contributed by atoms with Crippen LogP contribution in [0.4, 0.5) is 4.79 Å². The minimum atomic E-state index is -0.0741. The molecule has 0 rings (SSSR count). The van der Waals surface area contributed by atoms with Gasteiger partial charge in [0.2, 0.25) is 0 Å². The third-order valence-electron chi connectivity index (χ3n) is 0.402. The summed E-state index contributed by atoms with van der Waals surface area (Å²) in [5.41, 5.74) is -0.0741. The predicted octanol–water partition coefficient (Wildman–Crippen LogP) is -0.103. The molecule has 0 aromatic heterocycles. The Morgan fingerprint density at radius 3 is 2.14 bits per heavy atom. The summed E-state index contributed by atoms with van der Waals surface area (Å²) < 4.78 is 4.67. The fourth-order valence-corrected chi connectivity index (χ4v) is 0.803. The lowest BCUT2D eigenvalue weighted by molar-refractivity contribution is 0.141. The first kappa shape index (κ1) is 6.69. The molecule has 0 fully saturated rings. The number of hydrogen-bond acceptors (Lipinski definition) is 2. The van der Waals surface area contributed by atoms with Crippen molar-refractivity contribution in [3.8, 4) is 0 Å². The van der Waals surface area contributed by atoms with E-state index in [0.29, 0.717) is 10.2 Å². The molecular weight excluding hydrogens is 108 g/mol. The average Bonchev–Trinajstić information content (AvgIpc) is 1.27. The van der Waals surface area contributed by atoms with Gasteiger partial charge in [0.25, 0.3) is 5.59 Å². The van der Waals surface area contributed by atoms with Gasteiger partial charge in [0, 0.05) is 0 Å². The molecule has 0 saturated heterocycles. The molecule has 0 N–H and O–H groups in total. The Morgan fingerprint density at radius 2 is 2.14 bits per heavy atom. The maximum atomic E-state index is 10.1. The smallest absolute Gasteiger partial charge is 0.260 e. The molecule has 0 aliphatic rings. The van der Waals surface area contributed by atoms with Crippen LogP contribution < -0.4 is 0 Å². The molecule has 0 amide bonds. The molecule has 0 radical (unpaired) electrons. The average molecular weight is 118 g/mol. The van der Waals surface area contributed by atoms with Crippen molar-refractivity contribution in [2.75, 3.05) is 0 Å². The van der Waals surface area contributed by atoms with E-state index < -0.39 is 0 Å². The van der Waals surface area contributed by atoms with Crippen LogP contribution in [0, 0.1) is 0 Å². The Hall–Kier alpha value is -0.313. The largest absolute Gasteiger partial charge is 0.468 e. The Labute approximate surface area is 46.3 Å². The second-order valence-electron chi connectivity index (χ2n) is 1.66. The molecular formula is C4H10O2Si. The lowest BCUT2D eigenvalue weighted by atomic mass is 10.5. The van der Waals surface area contributed by atoms with Crippen LogP contribution in [-0.2, 0) is 4.74 Å². The summed E-state index contributed by atoms with van der Waals surface area (Å²) in [6.45, 7) is 3.69. The van der Waals surface area contributed by atoms with Crippen molar-refractivity contribution in [1.29, 1.82) is 0 Å². The highest BCUT2D eigenvalue weighted by Gasteiger charge is 1.93. The summed E-state index contributed by atoms with van der Waals surface area (Å²) in [5.74, 6) is 0. The zero-order valence-corrected chi connectivity index (χ0v) is 6.89. The first-order valence-corrected chi connectivity index (χ1v) is 3.30. The Bertz CT molecular complexity index is 70.1. The van der Waals surface area contributed by atoms with Gasteiger partial charge in [0.15, 0.2) is 0 Å². The molecule has 0 aromatic rings. The van der Waals surface area contributed by atoms with E-state index in [4.69, 9.17) is 0 Å². The van der Waals surface area contributed by atoms with Crippen molar-refractivity contribution in [2.45, 2.75) is 20.0 Å². The van der Waals surface area contributed by atoms with Crippen LogP contribution >= 0.6 is 0 Å². The van der Waals surface area contributed by atoms with Crippen molar-refractivity contribution in [2.24, 2.45) is 0 Å². The first-order valence-electron chi connectivity index (χ1n) is 2.30. The Balaban J connectivity index is 3.13. The van der Waals surface area contributed by atoms with Crippen LogP contribution in [0.25, 0.3) is 0 Å². The molecule has 3 heteroatoms. The molecule has 0 unspecified atom stereocenters. The molecule has 42 valence electrons. The lowest BCUT2D eigenvalue weighted by Gasteiger charge is -2.02. The fourth-order valence-electron chi connectivity index (χ4n) is 0.332. The van der Waals surface area contributed by atoms with Crippen molar-refractivity contribution in [1.82, 2.24) is 0 Å². The minimum absolute atomic E-state index is 0.0602. The summed E-state index contributed by atoms with van der Waals surface area (Å²) in [6, 6.07) is 0. The van der Waals surface area contributed by atoms with E-state index in [9.17, 15) is 4.79 Å². The van der Waals surface area contributed by atoms with Gasteiger partial charge in [-0.05, 0) is 13.8 Å². The Kier molecular flexibility index (Phi) is 2.67. The molecule has 0 aliphatic carbocycles. The van der Waals surface area contributed by atoms with Gasteiger partial charge in [0.05, 0.1) is 6.10 Å². The summed E-state index contributed by atoms with van der Waals surface area (Å²) in [5, 5.41) is 0. The quantitative estimate of drug-likeness (QED) is 0.449. The van der Waals surface area contributed by atoms with Crippen LogP contribution in [-0.4, -0.2) is 21.9 Å². The van der Waals surface area contributed by atoms with Gasteiger partial charge < -0.3 is 4.74 Å². The summed E-state index contributed by atoms with van der Waals surface area (Å²) in [4.78, 5) is 10.1. The number of rotatable bonds is 1. The zero-order chi connectivity index (χ0) is 5.86. The van der Waals surface area contributed by atoms with E-state index in [0.717, 1.165) is 0 Å². The Morgan fingerprint density at radius 1 is 1.71 bits per heavy atom. The van der Waals surface area contributed by atoms with E-state index in [1.165, 1.54) is 0 Å². The maximum absolute atomic E-state index is 10.1. The predicted molar refractivity (Wildman–Crippen MR) is 31.6 cm³/mol. The molecule has 2 nitrogen and oxygen atoms in total. The monoisotopic (exact) mass is 118 g/mol. The van der Waals surface area contributed by atoms with Gasteiger partial charge in [-0.15, -0.1) is 0 Å². The number of ether oxygens (including phenoxy) is 1. The van der Waals surface area contributed by atoms with Crippen molar-refractivity contribution >= 4 is 15.8 Å². The van der Waals surface area contributed by atoms with Gasteiger partial charge in [-0.3, -0.25) is 4.79 Å². The van der Waals surface area contributed by atoms with Crippen molar-refractivity contribution in [3.05, 3.63) is 0 Å². The van der Waals surface area contributed by atoms with Gasteiger partial charge in [-0.25, -0.2) is 0 Å². The second-order valence-corrected chi connectivity index (χ2v) is 2.47. The van der Waals surface area contributed by atoms with Crippen LogP contribution in [0.1, 0.15) is 13.8 Å². The lowest BCUT2D eigenvalue weighted by Crippen LogP contribution is -2.08. The van der Waals surface area contributed by atoms with E-state index in [1.54, 1.807) is 0 Å². The molecule has 0 bridgehead atoms. The van der Waals surface area contributed by atoms with Crippen LogP contribution in [0.3, 0.4) is 0 Å². The standard InChI is InChI=1S/C4H10O2Si/c1-3(2)6-4(5)7/h3H,1-2,7H3. The van der Waals surface area contributed by atoms with Crippen molar-refractivity contribution < 1.29 is 9.53 Å². The molecule has 0 atom stereocenters. The zero-order valence-electron chi connectivity index (χ0n) is 4.89. The highest BCUT2D eigenvalue weighted by atomic mass is 28.1. The second kappa shape index (κ2) is 2.79. The summed E-state index contributed by atoms with van der Waals surface area (Å²) >= 11 is 0. The molecule has 0 aromatic carbocycles. The van der Waals surface area contributed by atoms with E-state index in [-0.39, 0.29) is 11.7 Å². The third-order valence-corrected chi connectivity index (χ3v) is 0.637. The fraction of sp³-hybridized carbons (Fsp3) is 0.750. The third kappa shape index (κ3) is 5.69. The van der Waals surface area contributed by atoms with E-state index in [2.05, 4.69) is 4.74 Å². The van der Waals surface area contributed by atoms with Gasteiger partial charge in [-0.2, -0.15) is 0 Å². The van der Waals surface area contributed by atoms with Gasteiger partial charge >= 0.3 is 0 Å². The minimum Gasteiger partial charge on any atom is -0.468 e. The van der Waals surface area contributed by atoms with E-state index >= 15 is 0 Å². The summed E-state index contributed by atoms with van der Waals surface area (Å²) in [7, 11) is 0.506. The number of hydrogen-bond donors (Lipinski definition) is 0. The van der Waals surface area contributed by atoms with Gasteiger partial charge in [0.1, 0.15) is 10.2 Å². The summed E-state index contributed by atoms with van der Waals surface area (Å²) in [6.07, 6.45) is 0.0602. The topological polar surface area (TPSA) is 26.3 Å². The van der Waals surface area contributed by atoms with Crippen LogP contribution in [0.15, 0.2) is 0 Å². The first-order chi connectivity index (χ1) is 3.13. The van der Waals surface area contributed by atoms with Crippen LogP contribution in [0.2, 0.25) is 0 Å². The molecule has 0 spiro atoms. The molecule has 0 saturated carbocycles.